The summed E-state index contributed by atoms with van der Waals surface area (Å²) in [5.41, 5.74) is -0.738. The van der Waals surface area contributed by atoms with Crippen LogP contribution >= 0.6 is 0 Å². The molecule has 1 fully saturated rings. The Morgan fingerprint density at radius 3 is 2.56 bits per heavy atom. The summed E-state index contributed by atoms with van der Waals surface area (Å²) in [5, 5.41) is 9.13. The van der Waals surface area contributed by atoms with E-state index in [9.17, 15) is 4.79 Å². The number of nitriles is 1. The molecule has 0 spiro atoms. The topological polar surface area (TPSA) is 53.3 Å². The number of hydrogen-bond acceptors (Lipinski definition) is 3. The molecule has 4 heteroatoms. The van der Waals surface area contributed by atoms with Crippen LogP contribution < -0.4 is 0 Å². The zero-order valence-corrected chi connectivity index (χ0v) is 10.3. The summed E-state index contributed by atoms with van der Waals surface area (Å²) in [6, 6.07) is 2.23. The number of ether oxygens (including phenoxy) is 1. The van der Waals surface area contributed by atoms with Gasteiger partial charge in [0.25, 0.3) is 0 Å². The third-order valence-electron chi connectivity index (χ3n) is 3.37. The molecule has 1 amide bonds. The Labute approximate surface area is 97.2 Å². The summed E-state index contributed by atoms with van der Waals surface area (Å²) >= 11 is 0. The average Bonchev–Trinajstić information content (AvgIpc) is 2.18. The van der Waals surface area contributed by atoms with Crippen molar-refractivity contribution in [2.24, 2.45) is 5.41 Å². The highest BCUT2D eigenvalue weighted by molar-refractivity contribution is 5.86. The fraction of sp³-hybridized carbons (Fsp3) is 0.833. The van der Waals surface area contributed by atoms with Gasteiger partial charge in [0, 0.05) is 13.7 Å². The number of hydrogen-bond donors (Lipinski definition) is 0. The quantitative estimate of drug-likeness (QED) is 0.712. The van der Waals surface area contributed by atoms with Gasteiger partial charge in [-0.05, 0) is 33.1 Å². The van der Waals surface area contributed by atoms with Crippen LogP contribution in [0.5, 0.6) is 0 Å². The molecule has 0 N–H and O–H groups in total. The SMILES string of the molecule is CCN(C(=O)C1(C#N)CCC1)C(C)COC. The van der Waals surface area contributed by atoms with Gasteiger partial charge in [0.1, 0.15) is 5.41 Å². The minimum Gasteiger partial charge on any atom is -0.383 e. The summed E-state index contributed by atoms with van der Waals surface area (Å²) in [5.74, 6) is -0.0201. The van der Waals surface area contributed by atoms with E-state index in [4.69, 9.17) is 10.00 Å². The van der Waals surface area contributed by atoms with Gasteiger partial charge in [-0.1, -0.05) is 0 Å². The van der Waals surface area contributed by atoms with E-state index in [2.05, 4.69) is 6.07 Å². The Morgan fingerprint density at radius 2 is 2.25 bits per heavy atom. The summed E-state index contributed by atoms with van der Waals surface area (Å²) < 4.78 is 5.06. The van der Waals surface area contributed by atoms with Crippen LogP contribution in [0, 0.1) is 16.7 Å². The second kappa shape index (κ2) is 5.31. The van der Waals surface area contributed by atoms with E-state index in [0.29, 0.717) is 26.0 Å². The summed E-state index contributed by atoms with van der Waals surface area (Å²) in [6.45, 7) is 5.04. The zero-order valence-electron chi connectivity index (χ0n) is 10.3. The molecule has 1 unspecified atom stereocenters. The molecule has 0 aromatic rings. The lowest BCUT2D eigenvalue weighted by atomic mass is 9.69. The summed E-state index contributed by atoms with van der Waals surface area (Å²) in [4.78, 5) is 14.0. The first-order chi connectivity index (χ1) is 7.61. The van der Waals surface area contributed by atoms with Gasteiger partial charge < -0.3 is 9.64 Å². The molecule has 0 radical (unpaired) electrons. The Hall–Kier alpha value is -1.08. The lowest BCUT2D eigenvalue weighted by Gasteiger charge is -2.40. The van der Waals surface area contributed by atoms with Crippen LogP contribution in [0.1, 0.15) is 33.1 Å². The first kappa shape index (κ1) is 13.0. The monoisotopic (exact) mass is 224 g/mol. The van der Waals surface area contributed by atoms with E-state index in [1.807, 2.05) is 13.8 Å². The predicted molar refractivity (Wildman–Crippen MR) is 60.6 cm³/mol. The van der Waals surface area contributed by atoms with E-state index < -0.39 is 5.41 Å². The molecule has 0 aliphatic heterocycles. The number of carbonyl (C=O) groups excluding carboxylic acids is 1. The molecular formula is C12H20N2O2. The molecule has 1 aliphatic rings. The molecule has 1 rings (SSSR count). The lowest BCUT2D eigenvalue weighted by molar-refractivity contribution is -0.145. The number of rotatable bonds is 5. The van der Waals surface area contributed by atoms with Gasteiger partial charge in [-0.3, -0.25) is 4.79 Å². The van der Waals surface area contributed by atoms with Gasteiger partial charge in [0.15, 0.2) is 0 Å². The molecule has 0 aromatic carbocycles. The molecule has 0 heterocycles. The molecule has 0 saturated heterocycles. The second-order valence-electron chi connectivity index (χ2n) is 4.44. The Morgan fingerprint density at radius 1 is 1.62 bits per heavy atom. The van der Waals surface area contributed by atoms with Crippen molar-refractivity contribution in [3.63, 3.8) is 0 Å². The van der Waals surface area contributed by atoms with Crippen molar-refractivity contribution >= 4 is 5.91 Å². The molecule has 16 heavy (non-hydrogen) atoms. The minimum atomic E-state index is -0.738. The Bertz CT molecular complexity index is 292. The fourth-order valence-electron chi connectivity index (χ4n) is 2.17. The number of carbonyl (C=O) groups is 1. The second-order valence-corrected chi connectivity index (χ2v) is 4.44. The smallest absolute Gasteiger partial charge is 0.243 e. The van der Waals surface area contributed by atoms with Crippen molar-refractivity contribution in [3.05, 3.63) is 0 Å². The third-order valence-corrected chi connectivity index (χ3v) is 3.37. The van der Waals surface area contributed by atoms with E-state index >= 15 is 0 Å². The molecule has 1 aliphatic carbocycles. The molecule has 1 saturated carbocycles. The van der Waals surface area contributed by atoms with Crippen LogP contribution in [0.25, 0.3) is 0 Å². The van der Waals surface area contributed by atoms with Gasteiger partial charge >= 0.3 is 0 Å². The largest absolute Gasteiger partial charge is 0.383 e. The van der Waals surface area contributed by atoms with Crippen LogP contribution in [0.2, 0.25) is 0 Å². The van der Waals surface area contributed by atoms with Crippen molar-refractivity contribution in [1.29, 1.82) is 5.26 Å². The Balaban J connectivity index is 2.73. The van der Waals surface area contributed by atoms with E-state index in [0.717, 1.165) is 6.42 Å². The van der Waals surface area contributed by atoms with Crippen molar-refractivity contribution in [2.75, 3.05) is 20.3 Å². The summed E-state index contributed by atoms with van der Waals surface area (Å²) in [6.07, 6.45) is 2.40. The third kappa shape index (κ3) is 2.19. The highest BCUT2D eigenvalue weighted by Gasteiger charge is 2.47. The highest BCUT2D eigenvalue weighted by atomic mass is 16.5. The van der Waals surface area contributed by atoms with Gasteiger partial charge in [-0.2, -0.15) is 5.26 Å². The number of amides is 1. The van der Waals surface area contributed by atoms with E-state index in [1.165, 1.54) is 0 Å². The maximum atomic E-state index is 12.3. The molecular weight excluding hydrogens is 204 g/mol. The summed E-state index contributed by atoms with van der Waals surface area (Å²) in [7, 11) is 1.62. The highest BCUT2D eigenvalue weighted by Crippen LogP contribution is 2.42. The average molecular weight is 224 g/mol. The van der Waals surface area contributed by atoms with Crippen LogP contribution in [0.3, 0.4) is 0 Å². The van der Waals surface area contributed by atoms with Gasteiger partial charge in [0.2, 0.25) is 5.91 Å². The molecule has 1 atom stereocenters. The number of nitrogens with zero attached hydrogens (tertiary/aromatic N) is 2. The first-order valence-electron chi connectivity index (χ1n) is 5.82. The maximum Gasteiger partial charge on any atom is 0.243 e. The van der Waals surface area contributed by atoms with Gasteiger partial charge in [-0.15, -0.1) is 0 Å². The van der Waals surface area contributed by atoms with E-state index in [-0.39, 0.29) is 11.9 Å². The van der Waals surface area contributed by atoms with Gasteiger partial charge in [0.05, 0.1) is 18.7 Å². The molecule has 0 aromatic heterocycles. The van der Waals surface area contributed by atoms with Crippen LogP contribution in [0.4, 0.5) is 0 Å². The van der Waals surface area contributed by atoms with Crippen molar-refractivity contribution in [2.45, 2.75) is 39.2 Å². The normalized spacial score (nSPS) is 19.4. The maximum absolute atomic E-state index is 12.3. The molecule has 90 valence electrons. The zero-order chi connectivity index (χ0) is 12.2. The van der Waals surface area contributed by atoms with Crippen molar-refractivity contribution in [3.8, 4) is 6.07 Å². The van der Waals surface area contributed by atoms with Crippen LogP contribution in [-0.4, -0.2) is 37.1 Å². The van der Waals surface area contributed by atoms with Crippen molar-refractivity contribution < 1.29 is 9.53 Å². The minimum absolute atomic E-state index is 0.0201. The number of likely N-dealkylation sites (N-methyl/N-ethyl adjacent to an activating group) is 1. The predicted octanol–water partition coefficient (Wildman–Crippen LogP) is 1.56. The molecule has 4 nitrogen and oxygen atoms in total. The molecule has 0 bridgehead atoms. The van der Waals surface area contributed by atoms with Crippen molar-refractivity contribution in [1.82, 2.24) is 4.90 Å². The lowest BCUT2D eigenvalue weighted by Crippen LogP contribution is -2.51. The standard InChI is InChI=1S/C12H20N2O2/c1-4-14(10(2)8-16-3)11(15)12(9-13)6-5-7-12/h10H,4-8H2,1-3H3. The Kier molecular flexibility index (Phi) is 4.31. The van der Waals surface area contributed by atoms with Gasteiger partial charge in [-0.25, -0.2) is 0 Å². The van der Waals surface area contributed by atoms with E-state index in [1.54, 1.807) is 12.0 Å². The first-order valence-corrected chi connectivity index (χ1v) is 5.82. The number of methoxy groups -OCH3 is 1. The fourth-order valence-corrected chi connectivity index (χ4v) is 2.17. The van der Waals surface area contributed by atoms with Crippen LogP contribution in [0.15, 0.2) is 0 Å². The van der Waals surface area contributed by atoms with Crippen LogP contribution in [-0.2, 0) is 9.53 Å².